The molecule has 0 amide bonds. The van der Waals surface area contributed by atoms with Gasteiger partial charge in [-0.25, -0.2) is 0 Å². The van der Waals surface area contributed by atoms with Gasteiger partial charge in [-0.1, -0.05) is 12.1 Å². The molecule has 0 aromatic heterocycles. The summed E-state index contributed by atoms with van der Waals surface area (Å²) in [7, 11) is 5.53. The van der Waals surface area contributed by atoms with Crippen LogP contribution < -0.4 is 0 Å². The Bertz CT molecular complexity index is 198. The van der Waals surface area contributed by atoms with Crippen molar-refractivity contribution in [2.75, 3.05) is 0 Å². The summed E-state index contributed by atoms with van der Waals surface area (Å²) >= 11 is 0. The third-order valence-electron chi connectivity index (χ3n) is 1.10. The van der Waals surface area contributed by atoms with Gasteiger partial charge in [-0.15, -0.1) is 0 Å². The first-order valence-corrected chi connectivity index (χ1v) is 6.05. The van der Waals surface area contributed by atoms with Crippen LogP contribution in [-0.2, 0) is 0 Å². The summed E-state index contributed by atoms with van der Waals surface area (Å²) in [6.07, 6.45) is 0. The highest BCUT2D eigenvalue weighted by molar-refractivity contribution is 9.10. The predicted molar refractivity (Wildman–Crippen MR) is 45.7 cm³/mol. The Morgan fingerprint density at radius 1 is 0.889 bits per heavy atom. The third kappa shape index (κ3) is 1.09. The van der Waals surface area contributed by atoms with Gasteiger partial charge >= 0.3 is 0 Å². The van der Waals surface area contributed by atoms with Crippen molar-refractivity contribution in [3.63, 3.8) is 0 Å². The third-order valence-corrected chi connectivity index (χ3v) is 5.14. The standard InChI is InChI=1S/C6H4S3/c1-2-4-6-5(3-1)7-9-8-6/h1-4H. The molecule has 0 aliphatic carbocycles. The van der Waals surface area contributed by atoms with Crippen LogP contribution in [0.1, 0.15) is 0 Å². The molecule has 1 aliphatic heterocycles. The van der Waals surface area contributed by atoms with Crippen molar-refractivity contribution < 1.29 is 0 Å². The first-order valence-electron chi connectivity index (χ1n) is 2.57. The topological polar surface area (TPSA) is 0 Å². The fourth-order valence-electron chi connectivity index (χ4n) is 0.678. The summed E-state index contributed by atoms with van der Waals surface area (Å²) in [5, 5.41) is 0. The lowest BCUT2D eigenvalue weighted by atomic mass is 10.4. The molecule has 0 saturated carbocycles. The molecule has 3 heteroatoms. The molecule has 46 valence electrons. The van der Waals surface area contributed by atoms with E-state index in [2.05, 4.69) is 24.3 Å². The minimum atomic E-state index is 1.41. The van der Waals surface area contributed by atoms with Crippen LogP contribution >= 0.6 is 31.4 Å². The summed E-state index contributed by atoms with van der Waals surface area (Å²) in [5.41, 5.74) is 0. The van der Waals surface area contributed by atoms with Crippen LogP contribution in [0, 0.1) is 0 Å². The molecule has 1 heterocycles. The van der Waals surface area contributed by atoms with E-state index in [0.29, 0.717) is 0 Å². The largest absolute Gasteiger partial charge is 0.0610 e. The summed E-state index contributed by atoms with van der Waals surface area (Å²) in [6, 6.07) is 8.48. The van der Waals surface area contributed by atoms with Gasteiger partial charge in [-0.2, -0.15) is 0 Å². The van der Waals surface area contributed by atoms with Gasteiger partial charge in [0.1, 0.15) is 0 Å². The van der Waals surface area contributed by atoms with E-state index < -0.39 is 0 Å². The minimum Gasteiger partial charge on any atom is -0.0610 e. The lowest BCUT2D eigenvalue weighted by Gasteiger charge is -1.89. The first kappa shape index (κ1) is 6.01. The molecule has 9 heavy (non-hydrogen) atoms. The van der Waals surface area contributed by atoms with Crippen LogP contribution in [-0.4, -0.2) is 0 Å². The van der Waals surface area contributed by atoms with E-state index in [1.807, 2.05) is 31.4 Å². The summed E-state index contributed by atoms with van der Waals surface area (Å²) in [4.78, 5) is 2.82. The Morgan fingerprint density at radius 2 is 1.44 bits per heavy atom. The monoisotopic (exact) mass is 172 g/mol. The van der Waals surface area contributed by atoms with E-state index in [9.17, 15) is 0 Å². The Balaban J connectivity index is 2.54. The highest BCUT2D eigenvalue weighted by Crippen LogP contribution is 2.55. The molecule has 1 aromatic rings. The molecule has 1 aromatic carbocycles. The quantitative estimate of drug-likeness (QED) is 0.550. The second-order valence-corrected chi connectivity index (χ2v) is 5.66. The van der Waals surface area contributed by atoms with Crippen molar-refractivity contribution in [3.05, 3.63) is 24.3 Å². The molecule has 0 spiro atoms. The molecule has 2 rings (SSSR count). The van der Waals surface area contributed by atoms with Gasteiger partial charge in [0, 0.05) is 9.79 Å². The van der Waals surface area contributed by atoms with Gasteiger partial charge in [-0.3, -0.25) is 0 Å². The summed E-state index contributed by atoms with van der Waals surface area (Å²) in [6.45, 7) is 0. The van der Waals surface area contributed by atoms with Crippen LogP contribution in [0.15, 0.2) is 34.1 Å². The summed E-state index contributed by atoms with van der Waals surface area (Å²) < 4.78 is 0. The Labute approximate surface area is 65.6 Å². The summed E-state index contributed by atoms with van der Waals surface area (Å²) in [5.74, 6) is 0. The van der Waals surface area contributed by atoms with Gasteiger partial charge in [0.15, 0.2) is 0 Å². The van der Waals surface area contributed by atoms with Gasteiger partial charge in [-0.05, 0) is 43.5 Å². The normalized spacial score (nSPS) is 15.6. The van der Waals surface area contributed by atoms with Crippen molar-refractivity contribution in [1.82, 2.24) is 0 Å². The molecule has 0 unspecified atom stereocenters. The predicted octanol–water partition coefficient (Wildman–Crippen LogP) is 3.45. The Hall–Kier alpha value is 0.270. The van der Waals surface area contributed by atoms with E-state index in [4.69, 9.17) is 0 Å². The van der Waals surface area contributed by atoms with Gasteiger partial charge in [0.25, 0.3) is 0 Å². The fraction of sp³-hybridized carbons (Fsp3) is 0. The lowest BCUT2D eigenvalue weighted by molar-refractivity contribution is 1.27. The van der Waals surface area contributed by atoms with Crippen LogP contribution in [0.2, 0.25) is 0 Å². The SMILES string of the molecule is c1ccc2c(c1)SSS2. The number of rotatable bonds is 0. The average molecular weight is 172 g/mol. The maximum atomic E-state index is 2.16. The van der Waals surface area contributed by atoms with Crippen LogP contribution in [0.3, 0.4) is 0 Å². The Kier molecular flexibility index (Phi) is 1.66. The van der Waals surface area contributed by atoms with E-state index in [1.54, 1.807) is 0 Å². The van der Waals surface area contributed by atoms with Gasteiger partial charge in [0.05, 0.1) is 0 Å². The molecule has 0 saturated heterocycles. The van der Waals surface area contributed by atoms with Crippen LogP contribution in [0.4, 0.5) is 0 Å². The lowest BCUT2D eigenvalue weighted by Crippen LogP contribution is -1.65. The number of hydrogen-bond acceptors (Lipinski definition) is 3. The molecule has 0 N–H and O–H groups in total. The molecular formula is C6H4S3. The van der Waals surface area contributed by atoms with Crippen molar-refractivity contribution in [2.24, 2.45) is 0 Å². The van der Waals surface area contributed by atoms with E-state index >= 15 is 0 Å². The number of fused-ring (bicyclic) bond motifs is 1. The van der Waals surface area contributed by atoms with E-state index in [0.717, 1.165) is 0 Å². The zero-order chi connectivity index (χ0) is 6.10. The van der Waals surface area contributed by atoms with Gasteiger partial charge < -0.3 is 0 Å². The smallest absolute Gasteiger partial charge is 0.0336 e. The van der Waals surface area contributed by atoms with Crippen molar-refractivity contribution >= 4 is 31.4 Å². The maximum Gasteiger partial charge on any atom is 0.0336 e. The van der Waals surface area contributed by atoms with Crippen molar-refractivity contribution in [3.8, 4) is 0 Å². The zero-order valence-electron chi connectivity index (χ0n) is 4.53. The zero-order valence-corrected chi connectivity index (χ0v) is 6.98. The number of benzene rings is 1. The van der Waals surface area contributed by atoms with Crippen LogP contribution in [0.25, 0.3) is 0 Å². The van der Waals surface area contributed by atoms with E-state index in [-0.39, 0.29) is 0 Å². The second kappa shape index (κ2) is 2.48. The van der Waals surface area contributed by atoms with Crippen LogP contribution in [0.5, 0.6) is 0 Å². The first-order chi connectivity index (χ1) is 4.47. The molecule has 0 bridgehead atoms. The molecule has 0 radical (unpaired) electrons. The Morgan fingerprint density at radius 3 is 2.00 bits per heavy atom. The number of hydrogen-bond donors (Lipinski definition) is 0. The fourth-order valence-corrected chi connectivity index (χ4v) is 5.03. The van der Waals surface area contributed by atoms with E-state index in [1.165, 1.54) is 9.79 Å². The second-order valence-electron chi connectivity index (χ2n) is 1.68. The molecule has 0 atom stereocenters. The molecule has 0 nitrogen and oxygen atoms in total. The highest BCUT2D eigenvalue weighted by atomic mass is 33.5. The van der Waals surface area contributed by atoms with Crippen molar-refractivity contribution in [2.45, 2.75) is 9.79 Å². The maximum absolute atomic E-state index is 2.16. The van der Waals surface area contributed by atoms with Crippen molar-refractivity contribution in [1.29, 1.82) is 0 Å². The van der Waals surface area contributed by atoms with Gasteiger partial charge in [0.2, 0.25) is 0 Å². The molecule has 1 aliphatic rings. The highest BCUT2D eigenvalue weighted by Gasteiger charge is 2.10. The molecular weight excluding hydrogens is 168 g/mol. The minimum absolute atomic E-state index is 1.41. The average Bonchev–Trinajstić information content (AvgIpc) is 2.33. The molecule has 0 fully saturated rings.